The Bertz CT molecular complexity index is 1110. The molecule has 0 radical (unpaired) electrons. The molecule has 29 heavy (non-hydrogen) atoms. The fourth-order valence-corrected chi connectivity index (χ4v) is 2.87. The minimum atomic E-state index is -0.341. The van der Waals surface area contributed by atoms with Crippen molar-refractivity contribution in [2.75, 3.05) is 17.3 Å². The van der Waals surface area contributed by atoms with E-state index in [4.69, 9.17) is 4.42 Å². The average Bonchev–Trinajstić information content (AvgIpc) is 3.40. The molecule has 3 aromatic heterocycles. The molecule has 4 aromatic rings. The van der Waals surface area contributed by atoms with Crippen molar-refractivity contribution < 1.29 is 13.6 Å². The van der Waals surface area contributed by atoms with E-state index in [9.17, 15) is 9.18 Å². The van der Waals surface area contributed by atoms with Crippen LogP contribution >= 0.6 is 0 Å². The number of nitrogens with zero attached hydrogens (tertiary/aromatic N) is 5. The van der Waals surface area contributed by atoms with Gasteiger partial charge in [-0.1, -0.05) is 0 Å². The Labute approximate surface area is 166 Å². The third-order valence-corrected chi connectivity index (χ3v) is 4.50. The standard InChI is InChI=1S/C20H19FN6O2/c1-26(15-6-4-14(21)5-7-15)20(28)11-10-19-24-23-18-9-8-17(25-27(18)19)22-13-16-3-2-12-29-16/h2-9,12H,10-11,13H2,1H3,(H,22,25). The van der Waals surface area contributed by atoms with Gasteiger partial charge in [-0.2, -0.15) is 4.52 Å². The van der Waals surface area contributed by atoms with Gasteiger partial charge < -0.3 is 14.6 Å². The van der Waals surface area contributed by atoms with Crippen LogP contribution in [0.2, 0.25) is 0 Å². The van der Waals surface area contributed by atoms with Crippen molar-refractivity contribution in [3.8, 4) is 0 Å². The summed E-state index contributed by atoms with van der Waals surface area (Å²) in [5, 5.41) is 15.9. The van der Waals surface area contributed by atoms with Crippen LogP contribution < -0.4 is 10.2 Å². The summed E-state index contributed by atoms with van der Waals surface area (Å²) in [6, 6.07) is 13.1. The number of anilines is 2. The molecule has 0 aliphatic rings. The Morgan fingerprint density at radius 3 is 2.76 bits per heavy atom. The van der Waals surface area contributed by atoms with Crippen LogP contribution in [-0.4, -0.2) is 32.8 Å². The Morgan fingerprint density at radius 1 is 1.17 bits per heavy atom. The van der Waals surface area contributed by atoms with E-state index in [1.165, 1.54) is 17.0 Å². The number of rotatable bonds is 7. The SMILES string of the molecule is CN(C(=O)CCc1nnc2ccc(NCc3ccco3)nn12)c1ccc(F)cc1. The summed E-state index contributed by atoms with van der Waals surface area (Å²) < 4.78 is 20.0. The van der Waals surface area contributed by atoms with Crippen LogP contribution in [0.15, 0.2) is 59.2 Å². The highest BCUT2D eigenvalue weighted by Gasteiger charge is 2.14. The van der Waals surface area contributed by atoms with Crippen LogP contribution in [0, 0.1) is 5.82 Å². The highest BCUT2D eigenvalue weighted by atomic mass is 19.1. The average molecular weight is 394 g/mol. The monoisotopic (exact) mass is 394 g/mol. The molecule has 1 amide bonds. The molecule has 148 valence electrons. The van der Waals surface area contributed by atoms with Crippen LogP contribution in [-0.2, 0) is 17.8 Å². The second-order valence-electron chi connectivity index (χ2n) is 6.47. The summed E-state index contributed by atoms with van der Waals surface area (Å²) >= 11 is 0. The maximum atomic E-state index is 13.1. The number of nitrogens with one attached hydrogen (secondary N) is 1. The van der Waals surface area contributed by atoms with E-state index in [1.54, 1.807) is 36.0 Å². The maximum absolute atomic E-state index is 13.1. The normalized spacial score (nSPS) is 11.0. The molecule has 9 heteroatoms. The number of fused-ring (bicyclic) bond motifs is 1. The first-order valence-corrected chi connectivity index (χ1v) is 9.10. The first-order valence-electron chi connectivity index (χ1n) is 9.10. The molecule has 0 saturated carbocycles. The predicted molar refractivity (Wildman–Crippen MR) is 105 cm³/mol. The zero-order chi connectivity index (χ0) is 20.2. The fraction of sp³-hybridized carbons (Fsp3) is 0.200. The van der Waals surface area contributed by atoms with Gasteiger partial charge in [0, 0.05) is 25.6 Å². The van der Waals surface area contributed by atoms with E-state index >= 15 is 0 Å². The van der Waals surface area contributed by atoms with E-state index in [1.807, 2.05) is 18.2 Å². The Morgan fingerprint density at radius 2 is 2.00 bits per heavy atom. The van der Waals surface area contributed by atoms with Gasteiger partial charge in [0.15, 0.2) is 11.5 Å². The number of aromatic nitrogens is 4. The fourth-order valence-electron chi connectivity index (χ4n) is 2.87. The Kier molecular flexibility index (Phi) is 5.19. The van der Waals surface area contributed by atoms with Gasteiger partial charge in [-0.25, -0.2) is 4.39 Å². The molecule has 1 N–H and O–H groups in total. The van der Waals surface area contributed by atoms with E-state index in [-0.39, 0.29) is 18.1 Å². The second kappa shape index (κ2) is 8.09. The van der Waals surface area contributed by atoms with Gasteiger partial charge >= 0.3 is 0 Å². The maximum Gasteiger partial charge on any atom is 0.227 e. The lowest BCUT2D eigenvalue weighted by Crippen LogP contribution is -2.26. The van der Waals surface area contributed by atoms with Gasteiger partial charge in [-0.3, -0.25) is 4.79 Å². The molecule has 0 atom stereocenters. The number of hydrogen-bond acceptors (Lipinski definition) is 6. The second-order valence-corrected chi connectivity index (χ2v) is 6.47. The number of furan rings is 1. The van der Waals surface area contributed by atoms with Gasteiger partial charge in [0.2, 0.25) is 5.91 Å². The number of amides is 1. The van der Waals surface area contributed by atoms with Gasteiger partial charge in [-0.05, 0) is 48.5 Å². The smallest absolute Gasteiger partial charge is 0.227 e. The van der Waals surface area contributed by atoms with Gasteiger partial charge in [-0.15, -0.1) is 15.3 Å². The zero-order valence-corrected chi connectivity index (χ0v) is 15.7. The highest BCUT2D eigenvalue weighted by Crippen LogP contribution is 2.15. The predicted octanol–water partition coefficient (Wildman–Crippen LogP) is 3.06. The van der Waals surface area contributed by atoms with Crippen LogP contribution in [0.5, 0.6) is 0 Å². The zero-order valence-electron chi connectivity index (χ0n) is 15.7. The molecule has 3 heterocycles. The molecule has 0 aliphatic carbocycles. The van der Waals surface area contributed by atoms with Gasteiger partial charge in [0.25, 0.3) is 0 Å². The lowest BCUT2D eigenvalue weighted by Gasteiger charge is -2.17. The van der Waals surface area contributed by atoms with Crippen molar-refractivity contribution in [3.05, 3.63) is 72.2 Å². The molecule has 0 bridgehead atoms. The molecule has 0 unspecified atom stereocenters. The van der Waals surface area contributed by atoms with Crippen LogP contribution in [0.3, 0.4) is 0 Å². The lowest BCUT2D eigenvalue weighted by atomic mass is 10.2. The van der Waals surface area contributed by atoms with Crippen molar-refractivity contribution in [2.24, 2.45) is 0 Å². The minimum Gasteiger partial charge on any atom is -0.467 e. The largest absolute Gasteiger partial charge is 0.467 e. The summed E-state index contributed by atoms with van der Waals surface area (Å²) in [6.07, 6.45) is 2.21. The first-order chi connectivity index (χ1) is 14.1. The number of carbonyl (C=O) groups excluding carboxylic acids is 1. The number of aryl methyl sites for hydroxylation is 1. The number of halogens is 1. The molecule has 1 aromatic carbocycles. The molecule has 0 saturated heterocycles. The van der Waals surface area contributed by atoms with Crippen molar-refractivity contribution in [1.82, 2.24) is 19.8 Å². The van der Waals surface area contributed by atoms with Crippen LogP contribution in [0.1, 0.15) is 18.0 Å². The summed E-state index contributed by atoms with van der Waals surface area (Å²) in [7, 11) is 1.66. The molecule has 0 spiro atoms. The van der Waals surface area contributed by atoms with Crippen LogP contribution in [0.4, 0.5) is 15.9 Å². The topological polar surface area (TPSA) is 88.6 Å². The first kappa shape index (κ1) is 18.6. The van der Waals surface area contributed by atoms with E-state index in [2.05, 4.69) is 20.6 Å². The molecule has 0 aliphatic heterocycles. The summed E-state index contributed by atoms with van der Waals surface area (Å²) in [6.45, 7) is 0.504. The van der Waals surface area contributed by atoms with Crippen molar-refractivity contribution in [2.45, 2.75) is 19.4 Å². The molecular formula is C20H19FN6O2. The molecular weight excluding hydrogens is 375 g/mol. The number of benzene rings is 1. The van der Waals surface area contributed by atoms with E-state index in [0.717, 1.165) is 5.76 Å². The van der Waals surface area contributed by atoms with E-state index < -0.39 is 0 Å². The van der Waals surface area contributed by atoms with Crippen LogP contribution in [0.25, 0.3) is 5.65 Å². The lowest BCUT2D eigenvalue weighted by molar-refractivity contribution is -0.118. The summed E-state index contributed by atoms with van der Waals surface area (Å²) in [5.41, 5.74) is 1.23. The quantitative estimate of drug-likeness (QED) is 0.518. The van der Waals surface area contributed by atoms with Gasteiger partial charge in [0.1, 0.15) is 17.4 Å². The summed E-state index contributed by atoms with van der Waals surface area (Å²) in [4.78, 5) is 14.0. The van der Waals surface area contributed by atoms with Crippen molar-refractivity contribution in [1.29, 1.82) is 0 Å². The molecule has 4 rings (SSSR count). The Balaban J connectivity index is 1.42. The van der Waals surface area contributed by atoms with Gasteiger partial charge in [0.05, 0.1) is 12.8 Å². The van der Waals surface area contributed by atoms with Crippen molar-refractivity contribution >= 4 is 23.1 Å². The number of carbonyl (C=O) groups is 1. The summed E-state index contributed by atoms with van der Waals surface area (Å²) in [5.74, 6) is 1.57. The molecule has 8 nitrogen and oxygen atoms in total. The van der Waals surface area contributed by atoms with E-state index in [0.29, 0.717) is 35.9 Å². The third-order valence-electron chi connectivity index (χ3n) is 4.50. The Hall–Kier alpha value is -3.75. The minimum absolute atomic E-state index is 0.111. The number of hydrogen-bond donors (Lipinski definition) is 1. The van der Waals surface area contributed by atoms with Crippen molar-refractivity contribution in [3.63, 3.8) is 0 Å². The highest BCUT2D eigenvalue weighted by molar-refractivity contribution is 5.92. The molecule has 0 fully saturated rings. The third kappa shape index (κ3) is 4.23.